The van der Waals surface area contributed by atoms with E-state index in [1.54, 1.807) is 6.20 Å². The molecule has 0 saturated heterocycles. The van der Waals surface area contributed by atoms with Gasteiger partial charge in [-0.3, -0.25) is 0 Å². The largest absolute Gasteiger partial charge is 0.248 e. The Morgan fingerprint density at radius 3 is 2.47 bits per heavy atom. The van der Waals surface area contributed by atoms with Crippen LogP contribution in [0.4, 0.5) is 0 Å². The molecule has 3 heteroatoms. The van der Waals surface area contributed by atoms with Gasteiger partial charge in [-0.1, -0.05) is 42.8 Å². The van der Waals surface area contributed by atoms with Gasteiger partial charge in [-0.2, -0.15) is 0 Å². The van der Waals surface area contributed by atoms with Crippen LogP contribution >= 0.6 is 0 Å². The van der Waals surface area contributed by atoms with Gasteiger partial charge in [-0.25, -0.2) is 4.68 Å². The molecule has 0 radical (unpaired) electrons. The second kappa shape index (κ2) is 4.73. The van der Waals surface area contributed by atoms with Gasteiger partial charge < -0.3 is 0 Å². The Bertz CT molecular complexity index is 389. The third-order valence-corrected chi connectivity index (χ3v) is 2.38. The van der Waals surface area contributed by atoms with E-state index in [0.717, 1.165) is 13.0 Å². The lowest BCUT2D eigenvalue weighted by Crippen LogP contribution is -2.00. The first kappa shape index (κ1) is 9.90. The number of aromatic nitrogens is 3. The SMILES string of the molecule is CCCc1ccc(Cn2ccnn2)cc1. The first-order valence-electron chi connectivity index (χ1n) is 5.30. The topological polar surface area (TPSA) is 30.7 Å². The number of nitrogens with zero attached hydrogens (tertiary/aromatic N) is 3. The number of hydrogen-bond donors (Lipinski definition) is 0. The summed E-state index contributed by atoms with van der Waals surface area (Å²) >= 11 is 0. The van der Waals surface area contributed by atoms with Crippen molar-refractivity contribution in [1.29, 1.82) is 0 Å². The molecule has 0 amide bonds. The molecule has 0 aliphatic carbocycles. The normalized spacial score (nSPS) is 10.5. The fraction of sp³-hybridized carbons (Fsp3) is 0.333. The highest BCUT2D eigenvalue weighted by Gasteiger charge is 1.96. The van der Waals surface area contributed by atoms with Crippen molar-refractivity contribution in [1.82, 2.24) is 15.0 Å². The quantitative estimate of drug-likeness (QED) is 0.759. The second-order valence-corrected chi connectivity index (χ2v) is 3.67. The third kappa shape index (κ3) is 2.65. The molecule has 0 spiro atoms. The van der Waals surface area contributed by atoms with Crippen LogP contribution in [0.5, 0.6) is 0 Å². The van der Waals surface area contributed by atoms with Crippen molar-refractivity contribution in [2.75, 3.05) is 0 Å². The van der Waals surface area contributed by atoms with Crippen LogP contribution in [-0.4, -0.2) is 15.0 Å². The molecule has 0 bridgehead atoms. The van der Waals surface area contributed by atoms with Gasteiger partial charge in [0.1, 0.15) is 0 Å². The smallest absolute Gasteiger partial charge is 0.0693 e. The number of rotatable bonds is 4. The van der Waals surface area contributed by atoms with Crippen molar-refractivity contribution in [2.24, 2.45) is 0 Å². The van der Waals surface area contributed by atoms with Crippen molar-refractivity contribution in [3.05, 3.63) is 47.8 Å². The second-order valence-electron chi connectivity index (χ2n) is 3.67. The Labute approximate surface area is 89.7 Å². The molecule has 0 fully saturated rings. The monoisotopic (exact) mass is 201 g/mol. The van der Waals surface area contributed by atoms with Gasteiger partial charge >= 0.3 is 0 Å². The van der Waals surface area contributed by atoms with E-state index in [1.165, 1.54) is 17.5 Å². The minimum atomic E-state index is 0.798. The minimum absolute atomic E-state index is 0.798. The van der Waals surface area contributed by atoms with E-state index in [-0.39, 0.29) is 0 Å². The molecule has 0 saturated carbocycles. The Morgan fingerprint density at radius 2 is 1.87 bits per heavy atom. The molecule has 0 N–H and O–H groups in total. The van der Waals surface area contributed by atoms with Crippen molar-refractivity contribution in [2.45, 2.75) is 26.3 Å². The summed E-state index contributed by atoms with van der Waals surface area (Å²) in [5.74, 6) is 0. The molecule has 15 heavy (non-hydrogen) atoms. The van der Waals surface area contributed by atoms with Crippen LogP contribution in [-0.2, 0) is 13.0 Å². The Hall–Kier alpha value is -1.64. The summed E-state index contributed by atoms with van der Waals surface area (Å²) in [5, 5.41) is 7.72. The Balaban J connectivity index is 2.04. The van der Waals surface area contributed by atoms with Gasteiger partial charge in [0.2, 0.25) is 0 Å². The zero-order valence-electron chi connectivity index (χ0n) is 8.93. The van der Waals surface area contributed by atoms with Crippen LogP contribution in [0.1, 0.15) is 24.5 Å². The van der Waals surface area contributed by atoms with Gasteiger partial charge in [0.05, 0.1) is 12.7 Å². The van der Waals surface area contributed by atoms with Crippen molar-refractivity contribution in [3.63, 3.8) is 0 Å². The first-order chi connectivity index (χ1) is 7.38. The summed E-state index contributed by atoms with van der Waals surface area (Å²) in [6.45, 7) is 3.00. The molecule has 3 nitrogen and oxygen atoms in total. The Morgan fingerprint density at radius 1 is 1.13 bits per heavy atom. The lowest BCUT2D eigenvalue weighted by Gasteiger charge is -2.02. The average molecular weight is 201 g/mol. The summed E-state index contributed by atoms with van der Waals surface area (Å²) in [6, 6.07) is 8.70. The Kier molecular flexibility index (Phi) is 3.12. The molecule has 0 atom stereocenters. The number of benzene rings is 1. The fourth-order valence-corrected chi connectivity index (χ4v) is 1.60. The van der Waals surface area contributed by atoms with Gasteiger partial charge in [-0.15, -0.1) is 5.10 Å². The zero-order chi connectivity index (χ0) is 10.5. The van der Waals surface area contributed by atoms with Crippen molar-refractivity contribution >= 4 is 0 Å². The molecule has 1 aromatic carbocycles. The van der Waals surface area contributed by atoms with Gasteiger partial charge in [0, 0.05) is 6.20 Å². The summed E-state index contributed by atoms with van der Waals surface area (Å²) < 4.78 is 1.83. The van der Waals surface area contributed by atoms with Gasteiger partial charge in [0.15, 0.2) is 0 Å². The molecule has 2 aromatic rings. The molecular weight excluding hydrogens is 186 g/mol. The fourth-order valence-electron chi connectivity index (χ4n) is 1.60. The molecule has 0 aliphatic rings. The van der Waals surface area contributed by atoms with Crippen LogP contribution in [0.2, 0.25) is 0 Å². The molecular formula is C12H15N3. The minimum Gasteiger partial charge on any atom is -0.248 e. The standard InChI is InChI=1S/C12H15N3/c1-2-3-11-4-6-12(7-5-11)10-15-9-8-13-14-15/h4-9H,2-3,10H2,1H3. The third-order valence-electron chi connectivity index (χ3n) is 2.38. The van der Waals surface area contributed by atoms with Crippen LogP contribution in [0, 0.1) is 0 Å². The molecule has 0 aliphatic heterocycles. The van der Waals surface area contributed by atoms with Crippen LogP contribution < -0.4 is 0 Å². The summed E-state index contributed by atoms with van der Waals surface area (Å²) in [7, 11) is 0. The maximum atomic E-state index is 3.94. The van der Waals surface area contributed by atoms with Crippen molar-refractivity contribution in [3.8, 4) is 0 Å². The van der Waals surface area contributed by atoms with Gasteiger partial charge in [-0.05, 0) is 17.5 Å². The highest BCUT2D eigenvalue weighted by molar-refractivity contribution is 5.22. The predicted molar refractivity (Wildman–Crippen MR) is 59.6 cm³/mol. The van der Waals surface area contributed by atoms with E-state index in [2.05, 4.69) is 41.5 Å². The van der Waals surface area contributed by atoms with E-state index in [9.17, 15) is 0 Å². The highest BCUT2D eigenvalue weighted by atomic mass is 15.4. The van der Waals surface area contributed by atoms with Crippen LogP contribution in [0.25, 0.3) is 0 Å². The van der Waals surface area contributed by atoms with Crippen LogP contribution in [0.15, 0.2) is 36.7 Å². The molecule has 78 valence electrons. The average Bonchev–Trinajstić information content (AvgIpc) is 2.74. The number of aryl methyl sites for hydroxylation is 1. The lowest BCUT2D eigenvalue weighted by molar-refractivity contribution is 0.649. The maximum absolute atomic E-state index is 3.94. The highest BCUT2D eigenvalue weighted by Crippen LogP contribution is 2.07. The van der Waals surface area contributed by atoms with Gasteiger partial charge in [0.25, 0.3) is 0 Å². The van der Waals surface area contributed by atoms with E-state index >= 15 is 0 Å². The van der Waals surface area contributed by atoms with Crippen molar-refractivity contribution < 1.29 is 0 Å². The van der Waals surface area contributed by atoms with E-state index < -0.39 is 0 Å². The molecule has 0 unspecified atom stereocenters. The summed E-state index contributed by atoms with van der Waals surface area (Å²) in [6.07, 6.45) is 5.93. The summed E-state index contributed by atoms with van der Waals surface area (Å²) in [4.78, 5) is 0. The maximum Gasteiger partial charge on any atom is 0.0693 e. The van der Waals surface area contributed by atoms with E-state index in [4.69, 9.17) is 0 Å². The predicted octanol–water partition coefficient (Wildman–Crippen LogP) is 2.28. The van der Waals surface area contributed by atoms with Crippen LogP contribution in [0.3, 0.4) is 0 Å². The first-order valence-corrected chi connectivity index (χ1v) is 5.30. The zero-order valence-corrected chi connectivity index (χ0v) is 8.93. The molecule has 1 aromatic heterocycles. The lowest BCUT2D eigenvalue weighted by atomic mass is 10.1. The summed E-state index contributed by atoms with van der Waals surface area (Å²) in [5.41, 5.74) is 2.67. The van der Waals surface area contributed by atoms with E-state index in [0.29, 0.717) is 0 Å². The number of hydrogen-bond acceptors (Lipinski definition) is 2. The molecule has 1 heterocycles. The molecule has 2 rings (SSSR count). The van der Waals surface area contributed by atoms with E-state index in [1.807, 2.05) is 10.9 Å².